The zero-order valence-corrected chi connectivity index (χ0v) is 11.5. The van der Waals surface area contributed by atoms with Gasteiger partial charge in [-0.05, 0) is 31.9 Å². The summed E-state index contributed by atoms with van der Waals surface area (Å²) in [7, 11) is 0. The Bertz CT molecular complexity index is 143. The predicted molar refractivity (Wildman–Crippen MR) is 69.1 cm³/mol. The number of thioether (sulfide) groups is 1. The van der Waals surface area contributed by atoms with E-state index in [-0.39, 0.29) is 0 Å². The van der Waals surface area contributed by atoms with Gasteiger partial charge in [-0.25, -0.2) is 0 Å². The van der Waals surface area contributed by atoms with Gasteiger partial charge in [-0.15, -0.1) is 0 Å². The monoisotopic (exact) mass is 217 g/mol. The van der Waals surface area contributed by atoms with Crippen molar-refractivity contribution in [1.82, 2.24) is 5.32 Å². The number of hydrogen-bond acceptors (Lipinski definition) is 2. The van der Waals surface area contributed by atoms with E-state index in [2.05, 4.69) is 58.6 Å². The van der Waals surface area contributed by atoms with E-state index >= 15 is 0 Å². The maximum atomic E-state index is 3.61. The first-order chi connectivity index (χ1) is 6.37. The maximum Gasteiger partial charge on any atom is 0.0144 e. The van der Waals surface area contributed by atoms with Gasteiger partial charge in [-0.1, -0.05) is 27.7 Å². The third-order valence-corrected chi connectivity index (χ3v) is 4.06. The van der Waals surface area contributed by atoms with Crippen molar-refractivity contribution in [2.45, 2.75) is 58.8 Å². The Kier molecular flexibility index (Phi) is 6.88. The molecule has 86 valence electrons. The molecule has 0 aromatic rings. The number of hydrogen-bond donors (Lipinski definition) is 1. The lowest BCUT2D eigenvalue weighted by Gasteiger charge is -2.26. The lowest BCUT2D eigenvalue weighted by Crippen LogP contribution is -2.41. The van der Waals surface area contributed by atoms with Crippen LogP contribution in [0.2, 0.25) is 0 Å². The topological polar surface area (TPSA) is 12.0 Å². The van der Waals surface area contributed by atoms with Gasteiger partial charge >= 0.3 is 0 Å². The van der Waals surface area contributed by atoms with Crippen molar-refractivity contribution < 1.29 is 0 Å². The molecule has 2 heteroatoms. The molecule has 0 aliphatic heterocycles. The van der Waals surface area contributed by atoms with Crippen molar-refractivity contribution in [1.29, 1.82) is 0 Å². The van der Waals surface area contributed by atoms with Crippen LogP contribution in [-0.4, -0.2) is 23.1 Å². The van der Waals surface area contributed by atoms with Crippen LogP contribution in [0.5, 0.6) is 0 Å². The molecule has 14 heavy (non-hydrogen) atoms. The van der Waals surface area contributed by atoms with E-state index in [0.717, 1.165) is 17.7 Å². The van der Waals surface area contributed by atoms with Gasteiger partial charge in [0.05, 0.1) is 0 Å². The Morgan fingerprint density at radius 3 is 2.21 bits per heavy atom. The highest BCUT2D eigenvalue weighted by molar-refractivity contribution is 7.99. The normalized spacial score (nSPS) is 14.8. The fourth-order valence-electron chi connectivity index (χ4n) is 0.961. The zero-order chi connectivity index (χ0) is 11.2. The first-order valence-electron chi connectivity index (χ1n) is 5.74. The summed E-state index contributed by atoms with van der Waals surface area (Å²) in [6.45, 7) is 14.8. The van der Waals surface area contributed by atoms with Crippen LogP contribution in [0.25, 0.3) is 0 Å². The van der Waals surface area contributed by atoms with Crippen molar-refractivity contribution in [3.05, 3.63) is 0 Å². The summed E-state index contributed by atoms with van der Waals surface area (Å²) < 4.78 is 0. The fraction of sp³-hybridized carbons (Fsp3) is 1.00. The van der Waals surface area contributed by atoms with E-state index in [0.29, 0.717) is 5.54 Å². The molecule has 1 nitrogen and oxygen atoms in total. The Morgan fingerprint density at radius 1 is 1.21 bits per heavy atom. The molecule has 0 aliphatic carbocycles. The van der Waals surface area contributed by atoms with Crippen molar-refractivity contribution in [2.75, 3.05) is 12.3 Å². The Morgan fingerprint density at radius 2 is 1.79 bits per heavy atom. The van der Waals surface area contributed by atoms with E-state index in [1.54, 1.807) is 0 Å². The minimum atomic E-state index is 0.298. The largest absolute Gasteiger partial charge is 0.311 e. The zero-order valence-electron chi connectivity index (χ0n) is 10.7. The highest BCUT2D eigenvalue weighted by Gasteiger charge is 2.15. The van der Waals surface area contributed by atoms with Crippen molar-refractivity contribution >= 4 is 11.8 Å². The highest BCUT2D eigenvalue weighted by atomic mass is 32.2. The Labute approximate surface area is 94.4 Å². The van der Waals surface area contributed by atoms with Gasteiger partial charge in [0.15, 0.2) is 0 Å². The minimum absolute atomic E-state index is 0.298. The summed E-state index contributed by atoms with van der Waals surface area (Å²) in [5.41, 5.74) is 0.298. The molecule has 0 amide bonds. The summed E-state index contributed by atoms with van der Waals surface area (Å²) in [6.07, 6.45) is 1.19. The molecular weight excluding hydrogens is 190 g/mol. The molecule has 0 rings (SSSR count). The molecule has 0 aliphatic rings. The quantitative estimate of drug-likeness (QED) is 0.700. The van der Waals surface area contributed by atoms with Crippen LogP contribution in [-0.2, 0) is 0 Å². The van der Waals surface area contributed by atoms with Crippen LogP contribution in [0, 0.1) is 5.92 Å². The molecule has 1 unspecified atom stereocenters. The van der Waals surface area contributed by atoms with Crippen molar-refractivity contribution in [3.63, 3.8) is 0 Å². The first-order valence-corrected chi connectivity index (χ1v) is 6.79. The molecule has 0 aromatic heterocycles. The second kappa shape index (κ2) is 6.73. The molecule has 1 N–H and O–H groups in total. The molecule has 1 atom stereocenters. The molecule has 0 radical (unpaired) electrons. The van der Waals surface area contributed by atoms with Crippen molar-refractivity contribution in [2.24, 2.45) is 5.92 Å². The van der Waals surface area contributed by atoms with Gasteiger partial charge in [0.1, 0.15) is 0 Å². The second-order valence-corrected chi connectivity index (χ2v) is 6.63. The average Bonchev–Trinajstić information content (AvgIpc) is 2.11. The van der Waals surface area contributed by atoms with Crippen LogP contribution >= 0.6 is 11.8 Å². The summed E-state index contributed by atoms with van der Waals surface area (Å²) in [6, 6.07) is 0. The lowest BCUT2D eigenvalue weighted by molar-refractivity contribution is 0.379. The third-order valence-electron chi connectivity index (χ3n) is 2.47. The molecule has 0 saturated heterocycles. The molecular formula is C12H27NS. The van der Waals surface area contributed by atoms with Crippen LogP contribution in [0.3, 0.4) is 0 Å². The molecule has 0 bridgehead atoms. The third kappa shape index (κ3) is 7.69. The fourth-order valence-corrected chi connectivity index (χ4v) is 1.88. The number of nitrogens with one attached hydrogen (secondary N) is 1. The van der Waals surface area contributed by atoms with Gasteiger partial charge in [0, 0.05) is 17.3 Å². The molecule has 0 heterocycles. The van der Waals surface area contributed by atoms with Crippen molar-refractivity contribution in [3.8, 4) is 0 Å². The van der Waals surface area contributed by atoms with Gasteiger partial charge in [-0.3, -0.25) is 0 Å². The first kappa shape index (κ1) is 14.3. The summed E-state index contributed by atoms with van der Waals surface area (Å²) >= 11 is 2.07. The van der Waals surface area contributed by atoms with Crippen LogP contribution in [0.4, 0.5) is 0 Å². The standard InChI is InChI=1S/C12H27NS/c1-7-12(5,6)13-8-11(4)14-9-10(2)3/h10-11,13H,7-9H2,1-6H3. The molecule has 0 aromatic carbocycles. The van der Waals surface area contributed by atoms with E-state index in [1.165, 1.54) is 12.2 Å². The maximum absolute atomic E-state index is 3.61. The summed E-state index contributed by atoms with van der Waals surface area (Å²) in [5, 5.41) is 4.34. The average molecular weight is 217 g/mol. The molecule has 0 spiro atoms. The molecule has 0 fully saturated rings. The summed E-state index contributed by atoms with van der Waals surface area (Å²) in [5.74, 6) is 2.08. The Balaban J connectivity index is 3.58. The van der Waals surface area contributed by atoms with Crippen LogP contribution < -0.4 is 5.32 Å². The van der Waals surface area contributed by atoms with E-state index in [1.807, 2.05) is 0 Å². The van der Waals surface area contributed by atoms with Gasteiger partial charge in [0.25, 0.3) is 0 Å². The summed E-state index contributed by atoms with van der Waals surface area (Å²) in [4.78, 5) is 0. The van der Waals surface area contributed by atoms with E-state index in [9.17, 15) is 0 Å². The smallest absolute Gasteiger partial charge is 0.0144 e. The SMILES string of the molecule is CCC(C)(C)NCC(C)SCC(C)C. The highest BCUT2D eigenvalue weighted by Crippen LogP contribution is 2.15. The minimum Gasteiger partial charge on any atom is -0.311 e. The van der Waals surface area contributed by atoms with E-state index in [4.69, 9.17) is 0 Å². The van der Waals surface area contributed by atoms with Crippen LogP contribution in [0.15, 0.2) is 0 Å². The van der Waals surface area contributed by atoms with Crippen LogP contribution in [0.1, 0.15) is 48.0 Å². The van der Waals surface area contributed by atoms with Gasteiger partial charge in [0.2, 0.25) is 0 Å². The number of rotatable bonds is 7. The molecule has 0 saturated carbocycles. The van der Waals surface area contributed by atoms with E-state index < -0.39 is 0 Å². The van der Waals surface area contributed by atoms with Gasteiger partial charge in [-0.2, -0.15) is 11.8 Å². The van der Waals surface area contributed by atoms with Gasteiger partial charge < -0.3 is 5.32 Å². The second-order valence-electron chi connectivity index (χ2n) is 5.16. The predicted octanol–water partition coefficient (Wildman–Crippen LogP) is 3.54. The lowest BCUT2D eigenvalue weighted by atomic mass is 10.0. The Hall–Kier alpha value is 0.310.